The number of carbonyl (C=O) groups is 1. The van der Waals surface area contributed by atoms with Crippen LogP contribution in [0.3, 0.4) is 0 Å². The highest BCUT2D eigenvalue weighted by Gasteiger charge is 2.25. The lowest BCUT2D eigenvalue weighted by atomic mass is 10.1. The first-order valence-electron chi connectivity index (χ1n) is 10.3. The molecule has 0 spiro atoms. The number of benzene rings is 2. The number of rotatable bonds is 10. The number of nitrogens with zero attached hydrogens (tertiary/aromatic N) is 1. The maximum atomic E-state index is 12.6. The van der Waals surface area contributed by atoms with Crippen molar-refractivity contribution >= 4 is 27.5 Å². The number of hydrogen-bond donors (Lipinski definition) is 1. The molecule has 1 fully saturated rings. The normalized spacial score (nSPS) is 14.9. The van der Waals surface area contributed by atoms with E-state index in [1.54, 1.807) is 48.5 Å². The number of hydrogen-bond acceptors (Lipinski definition) is 5. The van der Waals surface area contributed by atoms with Crippen LogP contribution in [0.25, 0.3) is 0 Å². The number of morpholine rings is 1. The third-order valence-electron chi connectivity index (χ3n) is 4.90. The average Bonchev–Trinajstić information content (AvgIpc) is 2.79. The van der Waals surface area contributed by atoms with Crippen LogP contribution >= 0.6 is 11.6 Å². The van der Waals surface area contributed by atoms with E-state index >= 15 is 0 Å². The summed E-state index contributed by atoms with van der Waals surface area (Å²) in [6.45, 7) is 2.54. The molecular formula is C22H27ClN2O5S. The van der Waals surface area contributed by atoms with Gasteiger partial charge in [-0.3, -0.25) is 4.79 Å². The Hall–Kier alpha value is -2.13. The van der Waals surface area contributed by atoms with Crippen molar-refractivity contribution in [2.75, 3.05) is 39.5 Å². The van der Waals surface area contributed by atoms with Gasteiger partial charge >= 0.3 is 0 Å². The van der Waals surface area contributed by atoms with E-state index in [1.807, 2.05) is 0 Å². The van der Waals surface area contributed by atoms with Gasteiger partial charge in [0.2, 0.25) is 15.9 Å². The molecule has 2 aromatic carbocycles. The molecule has 31 heavy (non-hydrogen) atoms. The summed E-state index contributed by atoms with van der Waals surface area (Å²) in [5.74, 6) is 0.690. The van der Waals surface area contributed by atoms with Gasteiger partial charge in [0.25, 0.3) is 0 Å². The van der Waals surface area contributed by atoms with Crippen LogP contribution in [0.4, 0.5) is 0 Å². The van der Waals surface area contributed by atoms with E-state index in [0.717, 1.165) is 11.3 Å². The first-order valence-corrected chi connectivity index (χ1v) is 12.1. The van der Waals surface area contributed by atoms with Gasteiger partial charge in [0.1, 0.15) is 5.75 Å². The summed E-state index contributed by atoms with van der Waals surface area (Å²) >= 11 is 5.83. The molecule has 7 nitrogen and oxygen atoms in total. The van der Waals surface area contributed by atoms with Crippen LogP contribution in [0, 0.1) is 0 Å². The zero-order chi connectivity index (χ0) is 22.1. The Bertz CT molecular complexity index is 943. The first kappa shape index (κ1) is 23.5. The van der Waals surface area contributed by atoms with Gasteiger partial charge in [-0.25, -0.2) is 8.42 Å². The van der Waals surface area contributed by atoms with E-state index in [2.05, 4.69) is 5.32 Å². The molecule has 2 aromatic rings. The van der Waals surface area contributed by atoms with Gasteiger partial charge in [0.15, 0.2) is 0 Å². The molecule has 1 N–H and O–H groups in total. The zero-order valence-corrected chi connectivity index (χ0v) is 18.8. The second-order valence-electron chi connectivity index (χ2n) is 7.17. The zero-order valence-electron chi connectivity index (χ0n) is 17.3. The highest BCUT2D eigenvalue weighted by atomic mass is 35.5. The van der Waals surface area contributed by atoms with Crippen molar-refractivity contribution in [3.05, 3.63) is 59.1 Å². The molecule has 9 heteroatoms. The molecular weight excluding hydrogens is 440 g/mol. The fourth-order valence-electron chi connectivity index (χ4n) is 3.15. The van der Waals surface area contributed by atoms with Crippen LogP contribution in [-0.4, -0.2) is 58.1 Å². The molecule has 168 valence electrons. The summed E-state index contributed by atoms with van der Waals surface area (Å²) in [7, 11) is -3.48. The summed E-state index contributed by atoms with van der Waals surface area (Å²) in [5, 5.41) is 3.53. The summed E-state index contributed by atoms with van der Waals surface area (Å²) in [5.41, 5.74) is 0.965. The van der Waals surface area contributed by atoms with Crippen LogP contribution in [0.1, 0.15) is 18.4 Å². The van der Waals surface area contributed by atoms with Crippen LogP contribution in [-0.2, 0) is 26.0 Å². The van der Waals surface area contributed by atoms with Crippen molar-refractivity contribution in [3.63, 3.8) is 0 Å². The molecule has 1 heterocycles. The molecule has 3 rings (SSSR count). The van der Waals surface area contributed by atoms with Crippen molar-refractivity contribution in [1.29, 1.82) is 0 Å². The Morgan fingerprint density at radius 3 is 2.42 bits per heavy atom. The van der Waals surface area contributed by atoms with Gasteiger partial charge in [-0.15, -0.1) is 0 Å². The quantitative estimate of drug-likeness (QED) is 0.544. The first-order chi connectivity index (χ1) is 14.9. The van der Waals surface area contributed by atoms with E-state index in [9.17, 15) is 13.2 Å². The van der Waals surface area contributed by atoms with Gasteiger partial charge in [0, 0.05) is 31.1 Å². The number of sulfonamides is 1. The molecule has 1 amide bonds. The third kappa shape index (κ3) is 7.21. The summed E-state index contributed by atoms with van der Waals surface area (Å²) in [6, 6.07) is 13.9. The standard InChI is InChI=1S/C22H27ClN2O5S/c23-19-5-7-20(8-6-19)30-15-1-2-22(26)24-12-11-18-3-9-21(10-4-18)31(27,28)25-13-16-29-17-14-25/h3-10H,1-2,11-17H2,(H,24,26). The maximum absolute atomic E-state index is 12.6. The minimum atomic E-state index is -3.48. The average molecular weight is 467 g/mol. The Morgan fingerprint density at radius 1 is 1.06 bits per heavy atom. The minimum absolute atomic E-state index is 0.0359. The van der Waals surface area contributed by atoms with E-state index in [-0.39, 0.29) is 10.8 Å². The minimum Gasteiger partial charge on any atom is -0.494 e. The molecule has 1 saturated heterocycles. The largest absolute Gasteiger partial charge is 0.494 e. The van der Waals surface area contributed by atoms with Crippen LogP contribution < -0.4 is 10.1 Å². The molecule has 0 radical (unpaired) electrons. The lowest BCUT2D eigenvalue weighted by Crippen LogP contribution is -2.40. The highest BCUT2D eigenvalue weighted by Crippen LogP contribution is 2.18. The molecule has 0 unspecified atom stereocenters. The summed E-state index contributed by atoms with van der Waals surface area (Å²) in [4.78, 5) is 12.3. The Kier molecular flexibility index (Phi) is 8.71. The lowest BCUT2D eigenvalue weighted by molar-refractivity contribution is -0.121. The molecule has 0 aliphatic carbocycles. The van der Waals surface area contributed by atoms with Crippen LogP contribution in [0.5, 0.6) is 5.75 Å². The SMILES string of the molecule is O=C(CCCOc1ccc(Cl)cc1)NCCc1ccc(S(=O)(=O)N2CCOCC2)cc1. The molecule has 1 aliphatic rings. The van der Waals surface area contributed by atoms with E-state index in [0.29, 0.717) is 63.7 Å². The fourth-order valence-corrected chi connectivity index (χ4v) is 4.69. The van der Waals surface area contributed by atoms with Crippen molar-refractivity contribution in [2.45, 2.75) is 24.2 Å². The predicted octanol–water partition coefficient (Wildman–Crippen LogP) is 2.88. The number of amides is 1. The number of halogens is 1. The fraction of sp³-hybridized carbons (Fsp3) is 0.409. The summed E-state index contributed by atoms with van der Waals surface area (Å²) < 4.78 is 37.5. The van der Waals surface area contributed by atoms with Gasteiger partial charge < -0.3 is 14.8 Å². The second-order valence-corrected chi connectivity index (χ2v) is 9.54. The monoisotopic (exact) mass is 466 g/mol. The molecule has 1 aliphatic heterocycles. The van der Waals surface area contributed by atoms with Gasteiger partial charge in [0.05, 0.1) is 24.7 Å². The smallest absolute Gasteiger partial charge is 0.243 e. The second kappa shape index (κ2) is 11.5. The number of carbonyl (C=O) groups excluding carboxylic acids is 1. The van der Waals surface area contributed by atoms with Crippen molar-refractivity contribution in [2.24, 2.45) is 0 Å². The maximum Gasteiger partial charge on any atom is 0.243 e. The topological polar surface area (TPSA) is 84.9 Å². The molecule has 0 saturated carbocycles. The van der Waals surface area contributed by atoms with Gasteiger partial charge in [-0.2, -0.15) is 4.31 Å². The Morgan fingerprint density at radius 2 is 1.74 bits per heavy atom. The summed E-state index contributed by atoms with van der Waals surface area (Å²) in [6.07, 6.45) is 1.62. The van der Waals surface area contributed by atoms with Crippen molar-refractivity contribution < 1.29 is 22.7 Å². The van der Waals surface area contributed by atoms with Crippen LogP contribution in [0.2, 0.25) is 5.02 Å². The van der Waals surface area contributed by atoms with Crippen molar-refractivity contribution in [1.82, 2.24) is 9.62 Å². The van der Waals surface area contributed by atoms with Crippen LogP contribution in [0.15, 0.2) is 53.4 Å². The predicted molar refractivity (Wildman–Crippen MR) is 119 cm³/mol. The molecule has 0 bridgehead atoms. The van der Waals surface area contributed by atoms with E-state index in [1.165, 1.54) is 4.31 Å². The lowest BCUT2D eigenvalue weighted by Gasteiger charge is -2.26. The molecule has 0 atom stereocenters. The Labute approximate surface area is 188 Å². The van der Waals surface area contributed by atoms with Crippen molar-refractivity contribution in [3.8, 4) is 5.75 Å². The van der Waals surface area contributed by atoms with Gasteiger partial charge in [-0.1, -0.05) is 23.7 Å². The number of ether oxygens (including phenoxy) is 2. The molecule has 0 aromatic heterocycles. The number of nitrogens with one attached hydrogen (secondary N) is 1. The Balaban J connectivity index is 1.35. The third-order valence-corrected chi connectivity index (χ3v) is 7.06. The highest BCUT2D eigenvalue weighted by molar-refractivity contribution is 7.89. The van der Waals surface area contributed by atoms with E-state index in [4.69, 9.17) is 21.1 Å². The van der Waals surface area contributed by atoms with Gasteiger partial charge in [-0.05, 0) is 54.8 Å². The van der Waals surface area contributed by atoms with E-state index < -0.39 is 10.0 Å².